The predicted octanol–water partition coefficient (Wildman–Crippen LogP) is 2.37. The van der Waals surface area contributed by atoms with Crippen LogP contribution >= 0.6 is 0 Å². The van der Waals surface area contributed by atoms with Crippen molar-refractivity contribution in [1.29, 1.82) is 0 Å². The number of amides is 1. The van der Waals surface area contributed by atoms with Crippen molar-refractivity contribution in [1.82, 2.24) is 4.98 Å². The van der Waals surface area contributed by atoms with Gasteiger partial charge in [0.1, 0.15) is 0 Å². The number of carbonyl (C=O) groups excluding carboxylic acids is 1. The Kier molecular flexibility index (Phi) is 2.85. The molecule has 1 aliphatic carbocycles. The van der Waals surface area contributed by atoms with E-state index in [-0.39, 0.29) is 11.5 Å². The molecule has 0 atom stereocenters. The Morgan fingerprint density at radius 2 is 1.95 bits per heavy atom. The van der Waals surface area contributed by atoms with Crippen molar-refractivity contribution in [2.75, 3.05) is 5.32 Å². The fraction of sp³-hybridized carbons (Fsp3) is 0.333. The van der Waals surface area contributed by atoms with E-state index in [0.29, 0.717) is 5.69 Å². The molecule has 1 amide bonds. The summed E-state index contributed by atoms with van der Waals surface area (Å²) in [6.07, 6.45) is 4.06. The molecule has 4 nitrogen and oxygen atoms in total. The minimum Gasteiger partial charge on any atom is -0.326 e. The van der Waals surface area contributed by atoms with Crippen LogP contribution in [0.1, 0.15) is 30.9 Å². The van der Waals surface area contributed by atoms with Crippen LogP contribution in [-0.4, -0.2) is 10.9 Å². The Hall–Kier alpha value is -2.10. The fourth-order valence-electron chi connectivity index (χ4n) is 2.84. The first-order chi connectivity index (χ1) is 9.15. The van der Waals surface area contributed by atoms with Gasteiger partial charge in [0, 0.05) is 23.6 Å². The maximum Gasteiger partial charge on any atom is 0.251 e. The van der Waals surface area contributed by atoms with E-state index in [1.165, 1.54) is 12.5 Å². The van der Waals surface area contributed by atoms with Gasteiger partial charge in [-0.3, -0.25) is 9.59 Å². The lowest BCUT2D eigenvalue weighted by Crippen LogP contribution is -2.19. The van der Waals surface area contributed by atoms with E-state index in [4.69, 9.17) is 0 Å². The number of rotatable bonds is 1. The van der Waals surface area contributed by atoms with Gasteiger partial charge in [0.05, 0.1) is 5.52 Å². The summed E-state index contributed by atoms with van der Waals surface area (Å²) in [5.74, 6) is -0.111. The molecule has 1 aromatic heterocycles. The lowest BCUT2D eigenvalue weighted by atomic mass is 9.90. The van der Waals surface area contributed by atoms with Crippen molar-refractivity contribution >= 4 is 22.5 Å². The van der Waals surface area contributed by atoms with Crippen molar-refractivity contribution in [2.45, 2.75) is 32.6 Å². The molecule has 1 aromatic carbocycles. The predicted molar refractivity (Wildman–Crippen MR) is 75.5 cm³/mol. The zero-order valence-electron chi connectivity index (χ0n) is 10.9. The summed E-state index contributed by atoms with van der Waals surface area (Å²) in [4.78, 5) is 26.1. The van der Waals surface area contributed by atoms with Crippen LogP contribution in [0, 0.1) is 0 Å². The molecule has 2 aromatic rings. The highest BCUT2D eigenvalue weighted by molar-refractivity contribution is 5.93. The van der Waals surface area contributed by atoms with Crippen molar-refractivity contribution in [3.63, 3.8) is 0 Å². The van der Waals surface area contributed by atoms with E-state index >= 15 is 0 Å². The van der Waals surface area contributed by atoms with Crippen LogP contribution in [0.4, 0.5) is 5.69 Å². The average molecular weight is 256 g/mol. The summed E-state index contributed by atoms with van der Waals surface area (Å²) in [6, 6.07) is 5.70. The summed E-state index contributed by atoms with van der Waals surface area (Å²) in [7, 11) is 0. The number of anilines is 1. The highest BCUT2D eigenvalue weighted by Gasteiger charge is 2.16. The van der Waals surface area contributed by atoms with Crippen molar-refractivity contribution in [3.05, 3.63) is 39.7 Å². The minimum absolute atomic E-state index is 0.0159. The smallest absolute Gasteiger partial charge is 0.251 e. The summed E-state index contributed by atoms with van der Waals surface area (Å²) < 4.78 is 0. The third-order valence-corrected chi connectivity index (χ3v) is 3.66. The molecular formula is C15H16N2O2. The largest absolute Gasteiger partial charge is 0.326 e. The number of aromatic amines is 1. The molecule has 0 radical (unpaired) electrons. The SMILES string of the molecule is CC(=O)Nc1ccc2c3c(c(=O)[nH]c2c1)CCCC3. The van der Waals surface area contributed by atoms with E-state index in [9.17, 15) is 9.59 Å². The zero-order chi connectivity index (χ0) is 13.4. The molecule has 0 aliphatic heterocycles. The molecule has 3 rings (SSSR count). The Balaban J connectivity index is 2.20. The van der Waals surface area contributed by atoms with Gasteiger partial charge < -0.3 is 10.3 Å². The van der Waals surface area contributed by atoms with Gasteiger partial charge in [0.2, 0.25) is 5.91 Å². The Morgan fingerprint density at radius 1 is 1.21 bits per heavy atom. The average Bonchev–Trinajstić information content (AvgIpc) is 2.38. The number of aryl methyl sites for hydroxylation is 1. The molecule has 98 valence electrons. The van der Waals surface area contributed by atoms with E-state index in [2.05, 4.69) is 10.3 Å². The maximum atomic E-state index is 12.1. The lowest BCUT2D eigenvalue weighted by molar-refractivity contribution is -0.114. The van der Waals surface area contributed by atoms with Crippen molar-refractivity contribution in [3.8, 4) is 0 Å². The summed E-state index contributed by atoms with van der Waals surface area (Å²) in [5, 5.41) is 3.84. The molecule has 2 N–H and O–H groups in total. The molecule has 0 fully saturated rings. The normalized spacial score (nSPS) is 14.2. The second-order valence-electron chi connectivity index (χ2n) is 5.06. The van der Waals surface area contributed by atoms with Gasteiger partial charge >= 0.3 is 0 Å². The molecule has 0 saturated heterocycles. The van der Waals surface area contributed by atoms with E-state index in [1.807, 2.05) is 18.2 Å². The first-order valence-electron chi connectivity index (χ1n) is 6.60. The second-order valence-corrected chi connectivity index (χ2v) is 5.06. The molecule has 1 heterocycles. The van der Waals surface area contributed by atoms with Crippen LogP contribution < -0.4 is 10.9 Å². The van der Waals surface area contributed by atoms with Gasteiger partial charge in [-0.25, -0.2) is 0 Å². The first kappa shape index (κ1) is 12.0. The summed E-state index contributed by atoms with van der Waals surface area (Å²) in [5.41, 5.74) is 3.65. The number of hydrogen-bond acceptors (Lipinski definition) is 2. The van der Waals surface area contributed by atoms with Crippen LogP contribution in [0.3, 0.4) is 0 Å². The van der Waals surface area contributed by atoms with Crippen LogP contribution in [0.15, 0.2) is 23.0 Å². The number of benzene rings is 1. The topological polar surface area (TPSA) is 62.0 Å². The Labute approximate surface area is 110 Å². The second kappa shape index (κ2) is 4.53. The van der Waals surface area contributed by atoms with Crippen LogP contribution in [0.5, 0.6) is 0 Å². The fourth-order valence-corrected chi connectivity index (χ4v) is 2.84. The molecule has 1 aliphatic rings. The number of H-pyrrole nitrogens is 1. The van der Waals surface area contributed by atoms with Gasteiger partial charge in [0.15, 0.2) is 0 Å². The first-order valence-corrected chi connectivity index (χ1v) is 6.60. The van der Waals surface area contributed by atoms with Crippen LogP contribution in [0.2, 0.25) is 0 Å². The number of carbonyl (C=O) groups is 1. The Morgan fingerprint density at radius 3 is 2.68 bits per heavy atom. The third-order valence-electron chi connectivity index (χ3n) is 3.66. The Bertz CT molecular complexity index is 716. The number of nitrogens with one attached hydrogen (secondary N) is 2. The number of aromatic nitrogens is 1. The van der Waals surface area contributed by atoms with Crippen molar-refractivity contribution in [2.24, 2.45) is 0 Å². The number of pyridine rings is 1. The molecule has 4 heteroatoms. The number of fused-ring (bicyclic) bond motifs is 3. The third kappa shape index (κ3) is 2.14. The van der Waals surface area contributed by atoms with Gasteiger partial charge in [-0.05, 0) is 43.4 Å². The molecule has 0 bridgehead atoms. The van der Waals surface area contributed by atoms with Gasteiger partial charge in [-0.15, -0.1) is 0 Å². The van der Waals surface area contributed by atoms with Crippen LogP contribution in [0.25, 0.3) is 10.9 Å². The van der Waals surface area contributed by atoms with Gasteiger partial charge in [-0.2, -0.15) is 0 Å². The van der Waals surface area contributed by atoms with E-state index in [0.717, 1.165) is 42.1 Å². The molecule has 0 unspecified atom stereocenters. The van der Waals surface area contributed by atoms with Gasteiger partial charge in [-0.1, -0.05) is 6.07 Å². The maximum absolute atomic E-state index is 12.1. The standard InChI is InChI=1S/C15H16N2O2/c1-9(18)16-10-6-7-12-11-4-2-3-5-13(11)15(19)17-14(12)8-10/h6-8H,2-5H2,1H3,(H,16,18)(H,17,19). The molecule has 0 spiro atoms. The van der Waals surface area contributed by atoms with Crippen molar-refractivity contribution < 1.29 is 4.79 Å². The highest BCUT2D eigenvalue weighted by atomic mass is 16.1. The number of hydrogen-bond donors (Lipinski definition) is 2. The van der Waals surface area contributed by atoms with Crippen LogP contribution in [-0.2, 0) is 17.6 Å². The zero-order valence-corrected chi connectivity index (χ0v) is 10.9. The lowest BCUT2D eigenvalue weighted by Gasteiger charge is -2.17. The minimum atomic E-state index is -0.111. The monoisotopic (exact) mass is 256 g/mol. The van der Waals surface area contributed by atoms with Gasteiger partial charge in [0.25, 0.3) is 5.56 Å². The summed E-state index contributed by atoms with van der Waals surface area (Å²) in [6.45, 7) is 1.47. The summed E-state index contributed by atoms with van der Waals surface area (Å²) >= 11 is 0. The molecule has 19 heavy (non-hydrogen) atoms. The molecular weight excluding hydrogens is 240 g/mol. The quantitative estimate of drug-likeness (QED) is 0.822. The molecule has 0 saturated carbocycles. The highest BCUT2D eigenvalue weighted by Crippen LogP contribution is 2.27. The van der Waals surface area contributed by atoms with E-state index in [1.54, 1.807) is 0 Å². The van der Waals surface area contributed by atoms with E-state index < -0.39 is 0 Å².